The number of fused-ring (bicyclic) bond motifs is 1. The number of hydrogen-bond acceptors (Lipinski definition) is 4. The Balaban J connectivity index is 1.50. The fraction of sp³-hybridized carbons (Fsp3) is 0.240. The predicted molar refractivity (Wildman–Crippen MR) is 125 cm³/mol. The molecule has 1 atom stereocenters. The highest BCUT2D eigenvalue weighted by atomic mass is 32.1. The number of nitrogens with zero attached hydrogens (tertiary/aromatic N) is 2. The van der Waals surface area contributed by atoms with Crippen LogP contribution in [0.5, 0.6) is 0 Å². The Morgan fingerprint density at radius 2 is 1.90 bits per heavy atom. The summed E-state index contributed by atoms with van der Waals surface area (Å²) in [4.78, 5) is 26.0. The second-order valence-corrected chi connectivity index (χ2v) is 8.49. The number of rotatable bonds is 8. The molecule has 0 spiro atoms. The van der Waals surface area contributed by atoms with Gasteiger partial charge in [-0.25, -0.2) is 0 Å². The normalized spacial score (nSPS) is 12.0. The topological polar surface area (TPSA) is 64.0 Å². The number of para-hydroxylation sites is 1. The maximum absolute atomic E-state index is 12.9. The Bertz CT molecular complexity index is 1210. The van der Waals surface area contributed by atoms with E-state index in [0.29, 0.717) is 11.9 Å². The Hall–Kier alpha value is -3.25. The van der Waals surface area contributed by atoms with E-state index in [1.165, 1.54) is 11.8 Å². The van der Waals surface area contributed by atoms with Gasteiger partial charge in [-0.1, -0.05) is 55.8 Å². The number of carbonyl (C=O) groups is 1. The van der Waals surface area contributed by atoms with Gasteiger partial charge in [-0.15, -0.1) is 11.3 Å². The molecule has 0 saturated carbocycles. The van der Waals surface area contributed by atoms with E-state index < -0.39 is 0 Å². The van der Waals surface area contributed by atoms with Gasteiger partial charge in [0.15, 0.2) is 0 Å². The molecule has 0 aliphatic heterocycles. The molecule has 0 saturated heterocycles. The number of nitrogens with one attached hydrogen (secondary N) is 1. The number of amides is 1. The van der Waals surface area contributed by atoms with Crippen molar-refractivity contribution >= 4 is 28.1 Å². The molecule has 0 bridgehead atoms. The van der Waals surface area contributed by atoms with Crippen molar-refractivity contribution in [1.29, 1.82) is 0 Å². The number of hydrogen-bond donors (Lipinski definition) is 1. The fourth-order valence-corrected chi connectivity index (χ4v) is 4.52. The molecular formula is C25H25N3O2S. The summed E-state index contributed by atoms with van der Waals surface area (Å²) >= 11 is 1.63. The van der Waals surface area contributed by atoms with Crippen LogP contribution in [0.15, 0.2) is 77.0 Å². The maximum Gasteiger partial charge on any atom is 0.222 e. The van der Waals surface area contributed by atoms with Crippen molar-refractivity contribution in [3.05, 3.63) is 98.5 Å². The molecule has 0 unspecified atom stereocenters. The molecule has 4 aromatic rings. The minimum Gasteiger partial charge on any atom is -0.344 e. The standard InChI is InChI=1S/C25H25N3O2S/c1-2-6-18-10-12-19(13-11-18)25(23-9-5-16-31-23)27-24(30)14-15-28-21-8-4-3-7-20(21)22(29)17-26-28/h3-5,7-13,16-17,25H,2,6,14-15H2,1H3,(H,27,30)/t25-/m1/s1. The second kappa shape index (κ2) is 9.71. The monoisotopic (exact) mass is 431 g/mol. The first-order chi connectivity index (χ1) is 15.2. The molecule has 4 rings (SSSR count). The Morgan fingerprint density at radius 3 is 2.65 bits per heavy atom. The van der Waals surface area contributed by atoms with Crippen molar-refractivity contribution in [3.8, 4) is 0 Å². The summed E-state index contributed by atoms with van der Waals surface area (Å²) in [5.74, 6) is -0.0550. The number of thiophene rings is 1. The highest BCUT2D eigenvalue weighted by Gasteiger charge is 2.18. The van der Waals surface area contributed by atoms with E-state index in [4.69, 9.17) is 0 Å². The van der Waals surface area contributed by atoms with Crippen molar-refractivity contribution in [1.82, 2.24) is 15.1 Å². The van der Waals surface area contributed by atoms with E-state index in [1.54, 1.807) is 22.1 Å². The lowest BCUT2D eigenvalue weighted by atomic mass is 10.0. The minimum atomic E-state index is -0.179. The molecule has 1 N–H and O–H groups in total. The van der Waals surface area contributed by atoms with Crippen molar-refractivity contribution in [3.63, 3.8) is 0 Å². The Morgan fingerprint density at radius 1 is 1.10 bits per heavy atom. The van der Waals surface area contributed by atoms with Gasteiger partial charge in [-0.05, 0) is 41.1 Å². The summed E-state index contributed by atoms with van der Waals surface area (Å²) in [6.45, 7) is 2.57. The first-order valence-electron chi connectivity index (χ1n) is 10.5. The van der Waals surface area contributed by atoms with E-state index in [0.717, 1.165) is 28.8 Å². The minimum absolute atomic E-state index is 0.0550. The van der Waals surface area contributed by atoms with Gasteiger partial charge in [0.1, 0.15) is 0 Å². The molecule has 158 valence electrons. The molecule has 0 fully saturated rings. The van der Waals surface area contributed by atoms with Crippen LogP contribution in [0.2, 0.25) is 0 Å². The van der Waals surface area contributed by atoms with E-state index in [9.17, 15) is 9.59 Å². The van der Waals surface area contributed by atoms with Crippen LogP contribution in [0.4, 0.5) is 0 Å². The van der Waals surface area contributed by atoms with Gasteiger partial charge in [0.25, 0.3) is 0 Å². The molecule has 6 heteroatoms. The second-order valence-electron chi connectivity index (χ2n) is 7.51. The Kier molecular flexibility index (Phi) is 6.57. The first kappa shape index (κ1) is 21.0. The highest BCUT2D eigenvalue weighted by molar-refractivity contribution is 7.10. The number of carbonyl (C=O) groups excluding carboxylic acids is 1. The van der Waals surface area contributed by atoms with Crippen molar-refractivity contribution in [2.75, 3.05) is 0 Å². The quantitative estimate of drug-likeness (QED) is 0.440. The lowest BCUT2D eigenvalue weighted by molar-refractivity contribution is -0.121. The van der Waals surface area contributed by atoms with Crippen LogP contribution in [-0.4, -0.2) is 15.7 Å². The van der Waals surface area contributed by atoms with E-state index >= 15 is 0 Å². The maximum atomic E-state index is 12.9. The SMILES string of the molecule is CCCc1ccc([C@@H](NC(=O)CCn2ncc(=O)c3ccccc32)c2cccs2)cc1. The molecule has 1 amide bonds. The van der Waals surface area contributed by atoms with Gasteiger partial charge in [-0.2, -0.15) is 5.10 Å². The largest absolute Gasteiger partial charge is 0.344 e. The highest BCUT2D eigenvalue weighted by Crippen LogP contribution is 2.26. The predicted octanol–water partition coefficient (Wildman–Crippen LogP) is 4.71. The molecule has 0 aliphatic carbocycles. The zero-order valence-electron chi connectivity index (χ0n) is 17.5. The molecule has 31 heavy (non-hydrogen) atoms. The van der Waals surface area contributed by atoms with Crippen LogP contribution in [0, 0.1) is 0 Å². The zero-order valence-corrected chi connectivity index (χ0v) is 18.3. The smallest absolute Gasteiger partial charge is 0.222 e. The van der Waals surface area contributed by atoms with Crippen molar-refractivity contribution in [2.24, 2.45) is 0 Å². The number of benzene rings is 2. The molecule has 2 aromatic carbocycles. The van der Waals surface area contributed by atoms with Gasteiger partial charge < -0.3 is 5.32 Å². The van der Waals surface area contributed by atoms with Crippen LogP contribution in [0.3, 0.4) is 0 Å². The van der Waals surface area contributed by atoms with Crippen molar-refractivity contribution in [2.45, 2.75) is 38.8 Å². The lowest BCUT2D eigenvalue weighted by Crippen LogP contribution is -2.30. The van der Waals surface area contributed by atoms with Crippen LogP contribution in [0.1, 0.15) is 41.8 Å². The van der Waals surface area contributed by atoms with Gasteiger partial charge in [0, 0.05) is 16.7 Å². The molecule has 5 nitrogen and oxygen atoms in total. The third-order valence-corrected chi connectivity index (χ3v) is 6.23. The van der Waals surface area contributed by atoms with Gasteiger partial charge in [0.05, 0.1) is 24.3 Å². The summed E-state index contributed by atoms with van der Waals surface area (Å²) in [5, 5.41) is 10.0. The van der Waals surface area contributed by atoms with Crippen LogP contribution in [0.25, 0.3) is 10.9 Å². The van der Waals surface area contributed by atoms with Gasteiger partial charge in [0.2, 0.25) is 11.3 Å². The summed E-state index contributed by atoms with van der Waals surface area (Å²) in [5.41, 5.74) is 3.01. The van der Waals surface area contributed by atoms with Crippen LogP contribution in [-0.2, 0) is 17.8 Å². The number of aryl methyl sites for hydroxylation is 2. The number of aromatic nitrogens is 2. The van der Waals surface area contributed by atoms with Crippen LogP contribution >= 0.6 is 11.3 Å². The van der Waals surface area contributed by atoms with Crippen LogP contribution < -0.4 is 10.7 Å². The van der Waals surface area contributed by atoms with Gasteiger partial charge >= 0.3 is 0 Å². The summed E-state index contributed by atoms with van der Waals surface area (Å²) in [6, 6.07) is 19.7. The van der Waals surface area contributed by atoms with E-state index in [-0.39, 0.29) is 23.8 Å². The molecule has 0 aliphatic rings. The lowest BCUT2D eigenvalue weighted by Gasteiger charge is -2.19. The molecule has 0 radical (unpaired) electrons. The third kappa shape index (κ3) is 4.91. The molecular weight excluding hydrogens is 406 g/mol. The summed E-state index contributed by atoms with van der Waals surface area (Å²) < 4.78 is 1.72. The average Bonchev–Trinajstić information content (AvgIpc) is 3.33. The summed E-state index contributed by atoms with van der Waals surface area (Å²) in [7, 11) is 0. The van der Waals surface area contributed by atoms with E-state index in [1.807, 2.05) is 35.7 Å². The average molecular weight is 432 g/mol. The van der Waals surface area contributed by atoms with Crippen molar-refractivity contribution < 1.29 is 4.79 Å². The zero-order chi connectivity index (χ0) is 21.6. The molecule has 2 heterocycles. The first-order valence-corrected chi connectivity index (χ1v) is 11.4. The van der Waals surface area contributed by atoms with Gasteiger partial charge in [-0.3, -0.25) is 14.3 Å². The Labute approximate surface area is 185 Å². The van der Waals surface area contributed by atoms with E-state index in [2.05, 4.69) is 41.6 Å². The third-order valence-electron chi connectivity index (χ3n) is 5.30. The fourth-order valence-electron chi connectivity index (χ4n) is 3.72. The summed E-state index contributed by atoms with van der Waals surface area (Å²) in [6.07, 6.45) is 3.75. The molecule has 2 aromatic heterocycles.